The Kier molecular flexibility index (Phi) is 3.38. The molecule has 1 saturated heterocycles. The fourth-order valence-corrected chi connectivity index (χ4v) is 1.62. The van der Waals surface area contributed by atoms with E-state index in [0.29, 0.717) is 12.5 Å². The molecule has 0 radical (unpaired) electrons. The molecule has 86 valence electrons. The standard InChI is InChI=1S/C10H10ClNO4/c11-5-9-6-15-10(16-9)7-1-3-8(4-2-7)12(13)14/h1-4,9-10H,5-6H2/t9-,10-/m1/s1. The van der Waals surface area contributed by atoms with Gasteiger partial charge in [0.25, 0.3) is 5.69 Å². The minimum atomic E-state index is -0.468. The summed E-state index contributed by atoms with van der Waals surface area (Å²) in [5.41, 5.74) is 0.814. The Bertz CT molecular complexity index is 381. The second-order valence-electron chi connectivity index (χ2n) is 3.43. The quantitative estimate of drug-likeness (QED) is 0.464. The molecular weight excluding hydrogens is 234 g/mol. The van der Waals surface area contributed by atoms with Crippen LogP contribution >= 0.6 is 11.6 Å². The first-order valence-corrected chi connectivity index (χ1v) is 5.31. The van der Waals surface area contributed by atoms with Crippen LogP contribution in [-0.2, 0) is 9.47 Å². The van der Waals surface area contributed by atoms with Gasteiger partial charge in [-0.25, -0.2) is 0 Å². The van der Waals surface area contributed by atoms with Gasteiger partial charge in [0.15, 0.2) is 6.29 Å². The highest BCUT2D eigenvalue weighted by Crippen LogP contribution is 2.28. The van der Waals surface area contributed by atoms with Crippen LogP contribution < -0.4 is 0 Å². The third kappa shape index (κ3) is 2.32. The van der Waals surface area contributed by atoms with Gasteiger partial charge < -0.3 is 9.47 Å². The van der Waals surface area contributed by atoms with Crippen molar-refractivity contribution in [2.45, 2.75) is 12.4 Å². The molecule has 6 heteroatoms. The van der Waals surface area contributed by atoms with E-state index in [1.165, 1.54) is 12.1 Å². The molecule has 1 aliphatic heterocycles. The molecule has 16 heavy (non-hydrogen) atoms. The van der Waals surface area contributed by atoms with E-state index in [0.717, 1.165) is 5.56 Å². The predicted molar refractivity (Wildman–Crippen MR) is 57.4 cm³/mol. The number of hydrogen-bond donors (Lipinski definition) is 0. The summed E-state index contributed by atoms with van der Waals surface area (Å²) >= 11 is 5.63. The van der Waals surface area contributed by atoms with Crippen LogP contribution in [0.5, 0.6) is 0 Å². The van der Waals surface area contributed by atoms with Gasteiger partial charge in [-0.2, -0.15) is 0 Å². The molecule has 0 saturated carbocycles. The van der Waals surface area contributed by atoms with E-state index in [1.807, 2.05) is 0 Å². The maximum atomic E-state index is 10.5. The van der Waals surface area contributed by atoms with Crippen LogP contribution in [0.1, 0.15) is 11.9 Å². The third-order valence-electron chi connectivity index (χ3n) is 2.30. The zero-order valence-corrected chi connectivity index (χ0v) is 9.09. The smallest absolute Gasteiger partial charge is 0.269 e. The van der Waals surface area contributed by atoms with Crippen LogP contribution in [-0.4, -0.2) is 23.5 Å². The molecule has 0 bridgehead atoms. The van der Waals surface area contributed by atoms with E-state index >= 15 is 0 Å². The Labute approximate surface area is 97.1 Å². The van der Waals surface area contributed by atoms with Crippen molar-refractivity contribution in [2.75, 3.05) is 12.5 Å². The van der Waals surface area contributed by atoms with E-state index in [9.17, 15) is 10.1 Å². The van der Waals surface area contributed by atoms with Crippen molar-refractivity contribution in [3.8, 4) is 0 Å². The van der Waals surface area contributed by atoms with Gasteiger partial charge in [-0.1, -0.05) is 0 Å². The lowest BCUT2D eigenvalue weighted by molar-refractivity contribution is -0.384. The van der Waals surface area contributed by atoms with E-state index < -0.39 is 11.2 Å². The number of nitro benzene ring substituents is 1. The van der Waals surface area contributed by atoms with Gasteiger partial charge in [0.1, 0.15) is 0 Å². The van der Waals surface area contributed by atoms with Crippen LogP contribution in [0.15, 0.2) is 24.3 Å². The van der Waals surface area contributed by atoms with Crippen molar-refractivity contribution in [1.82, 2.24) is 0 Å². The lowest BCUT2D eigenvalue weighted by Crippen LogP contribution is -2.10. The minimum absolute atomic E-state index is 0.0515. The number of benzene rings is 1. The van der Waals surface area contributed by atoms with Gasteiger partial charge in [-0.15, -0.1) is 11.6 Å². The Morgan fingerprint density at radius 2 is 2.12 bits per heavy atom. The third-order valence-corrected chi connectivity index (χ3v) is 2.64. The van der Waals surface area contributed by atoms with E-state index in [4.69, 9.17) is 21.1 Å². The monoisotopic (exact) mass is 243 g/mol. The van der Waals surface area contributed by atoms with Gasteiger partial charge in [-0.3, -0.25) is 10.1 Å². The summed E-state index contributed by atoms with van der Waals surface area (Å²) in [5.74, 6) is 0.378. The van der Waals surface area contributed by atoms with Gasteiger partial charge in [0.05, 0.1) is 23.5 Å². The number of halogens is 1. The van der Waals surface area contributed by atoms with Gasteiger partial charge in [-0.05, 0) is 12.1 Å². The molecule has 0 amide bonds. The summed E-state index contributed by atoms with van der Waals surface area (Å²) in [6.07, 6.45) is -0.577. The summed E-state index contributed by atoms with van der Waals surface area (Å²) in [6.45, 7) is 0.450. The highest BCUT2D eigenvalue weighted by molar-refractivity contribution is 6.18. The first-order chi connectivity index (χ1) is 7.70. The zero-order chi connectivity index (χ0) is 11.5. The Hall–Kier alpha value is -1.17. The molecule has 5 nitrogen and oxygen atoms in total. The molecule has 1 heterocycles. The first kappa shape index (κ1) is 11.3. The average molecular weight is 244 g/mol. The number of nitro groups is 1. The fraction of sp³-hybridized carbons (Fsp3) is 0.400. The van der Waals surface area contributed by atoms with Crippen molar-refractivity contribution in [3.63, 3.8) is 0 Å². The van der Waals surface area contributed by atoms with Crippen LogP contribution in [0.25, 0.3) is 0 Å². The fourth-order valence-electron chi connectivity index (χ4n) is 1.46. The summed E-state index contributed by atoms with van der Waals surface area (Å²) in [7, 11) is 0. The average Bonchev–Trinajstić information content (AvgIpc) is 2.77. The molecule has 0 aliphatic carbocycles. The highest BCUT2D eigenvalue weighted by Gasteiger charge is 2.26. The molecule has 1 fully saturated rings. The second-order valence-corrected chi connectivity index (χ2v) is 3.73. The van der Waals surface area contributed by atoms with Crippen LogP contribution in [0.3, 0.4) is 0 Å². The molecule has 0 aromatic heterocycles. The first-order valence-electron chi connectivity index (χ1n) is 4.78. The molecule has 1 aromatic rings. The number of ether oxygens (including phenoxy) is 2. The number of nitrogens with zero attached hydrogens (tertiary/aromatic N) is 1. The van der Waals surface area contributed by atoms with Crippen LogP contribution in [0.4, 0.5) is 5.69 Å². The SMILES string of the molecule is O=[N+]([O-])c1ccc([C@@H]2OC[C@@H](CCl)O2)cc1. The van der Waals surface area contributed by atoms with Crippen molar-refractivity contribution in [1.29, 1.82) is 0 Å². The van der Waals surface area contributed by atoms with E-state index in [1.54, 1.807) is 12.1 Å². The molecule has 0 unspecified atom stereocenters. The van der Waals surface area contributed by atoms with Gasteiger partial charge in [0, 0.05) is 17.7 Å². The molecule has 1 aromatic carbocycles. The maximum Gasteiger partial charge on any atom is 0.269 e. The van der Waals surface area contributed by atoms with Crippen molar-refractivity contribution < 1.29 is 14.4 Å². The Balaban J connectivity index is 2.08. The predicted octanol–water partition coefficient (Wildman–Crippen LogP) is 2.25. The molecule has 2 rings (SSSR count). The molecular formula is C10H10ClNO4. The normalized spacial score (nSPS) is 24.6. The molecule has 1 aliphatic rings. The maximum absolute atomic E-state index is 10.5. The summed E-state index contributed by atoms with van der Waals surface area (Å²) in [5, 5.41) is 10.5. The van der Waals surface area contributed by atoms with Crippen molar-refractivity contribution in [2.24, 2.45) is 0 Å². The molecule has 0 N–H and O–H groups in total. The second kappa shape index (κ2) is 4.78. The van der Waals surface area contributed by atoms with E-state index in [2.05, 4.69) is 0 Å². The van der Waals surface area contributed by atoms with E-state index in [-0.39, 0.29) is 11.8 Å². The molecule has 0 spiro atoms. The number of non-ortho nitro benzene ring substituents is 1. The Morgan fingerprint density at radius 3 is 2.62 bits per heavy atom. The zero-order valence-electron chi connectivity index (χ0n) is 8.34. The minimum Gasteiger partial charge on any atom is -0.346 e. The lowest BCUT2D eigenvalue weighted by atomic mass is 10.2. The molecule has 2 atom stereocenters. The number of rotatable bonds is 3. The summed E-state index contributed by atoms with van der Waals surface area (Å²) in [4.78, 5) is 10.0. The number of alkyl halides is 1. The van der Waals surface area contributed by atoms with Crippen LogP contribution in [0, 0.1) is 10.1 Å². The van der Waals surface area contributed by atoms with Crippen molar-refractivity contribution in [3.05, 3.63) is 39.9 Å². The summed E-state index contributed by atoms with van der Waals surface area (Å²) in [6, 6.07) is 6.10. The summed E-state index contributed by atoms with van der Waals surface area (Å²) < 4.78 is 10.8. The van der Waals surface area contributed by atoms with Crippen molar-refractivity contribution >= 4 is 17.3 Å². The lowest BCUT2D eigenvalue weighted by Gasteiger charge is -2.09. The van der Waals surface area contributed by atoms with Gasteiger partial charge in [0.2, 0.25) is 0 Å². The van der Waals surface area contributed by atoms with Crippen LogP contribution in [0.2, 0.25) is 0 Å². The topological polar surface area (TPSA) is 61.6 Å². The highest BCUT2D eigenvalue weighted by atomic mass is 35.5. The van der Waals surface area contributed by atoms with Gasteiger partial charge >= 0.3 is 0 Å². The largest absolute Gasteiger partial charge is 0.346 e. The Morgan fingerprint density at radius 1 is 1.44 bits per heavy atom. The number of hydrogen-bond acceptors (Lipinski definition) is 4.